The zero-order valence-electron chi connectivity index (χ0n) is 15.0. The van der Waals surface area contributed by atoms with Crippen molar-refractivity contribution in [3.8, 4) is 5.75 Å². The minimum Gasteiger partial charge on any atom is -0.493 e. The number of para-hydroxylation sites is 1. The molecule has 1 aromatic carbocycles. The summed E-state index contributed by atoms with van der Waals surface area (Å²) in [6.07, 6.45) is 6.29. The monoisotopic (exact) mass is 372 g/mol. The Hall–Kier alpha value is -2.34. The maximum atomic E-state index is 12.8. The minimum absolute atomic E-state index is 0.286. The van der Waals surface area contributed by atoms with Crippen molar-refractivity contribution in [2.24, 2.45) is 5.73 Å². The van der Waals surface area contributed by atoms with Gasteiger partial charge in [0.05, 0.1) is 17.7 Å². The summed E-state index contributed by atoms with van der Waals surface area (Å²) in [5.41, 5.74) is 7.61. The van der Waals surface area contributed by atoms with Gasteiger partial charge in [0.15, 0.2) is 0 Å². The second kappa shape index (κ2) is 8.36. The molecule has 0 atom stereocenters. The summed E-state index contributed by atoms with van der Waals surface area (Å²) < 4.78 is 5.54. The Labute approximate surface area is 157 Å². The van der Waals surface area contributed by atoms with Gasteiger partial charge in [-0.2, -0.15) is 0 Å². The molecule has 0 bridgehead atoms. The van der Waals surface area contributed by atoms with Crippen LogP contribution in [0.4, 0.5) is 5.00 Å². The van der Waals surface area contributed by atoms with Crippen LogP contribution in [0.3, 0.4) is 0 Å². The van der Waals surface area contributed by atoms with Gasteiger partial charge in [0.2, 0.25) is 0 Å². The Kier molecular flexibility index (Phi) is 5.93. The molecule has 0 fully saturated rings. The van der Waals surface area contributed by atoms with Crippen molar-refractivity contribution in [1.29, 1.82) is 0 Å². The average molecular weight is 372 g/mol. The predicted molar refractivity (Wildman–Crippen MR) is 104 cm³/mol. The maximum Gasteiger partial charge on any atom is 0.260 e. The quantitative estimate of drug-likeness (QED) is 0.827. The number of carbonyl (C=O) groups excluding carboxylic acids is 2. The summed E-state index contributed by atoms with van der Waals surface area (Å²) >= 11 is 1.48. The van der Waals surface area contributed by atoms with Gasteiger partial charge in [-0.1, -0.05) is 25.0 Å². The lowest BCUT2D eigenvalue weighted by Gasteiger charge is -2.11. The number of benzene rings is 1. The average Bonchev–Trinajstić information content (AvgIpc) is 2.92. The third kappa shape index (κ3) is 3.90. The van der Waals surface area contributed by atoms with Crippen LogP contribution in [-0.2, 0) is 12.8 Å². The summed E-state index contributed by atoms with van der Waals surface area (Å²) in [4.78, 5) is 26.1. The number of nitrogens with two attached hydrogens (primary N) is 1. The highest BCUT2D eigenvalue weighted by Crippen LogP contribution is 2.37. The van der Waals surface area contributed by atoms with Crippen LogP contribution in [-0.4, -0.2) is 18.4 Å². The molecule has 1 aliphatic rings. The van der Waals surface area contributed by atoms with Crippen molar-refractivity contribution in [3.63, 3.8) is 0 Å². The van der Waals surface area contributed by atoms with Gasteiger partial charge in [-0.05, 0) is 50.3 Å². The van der Waals surface area contributed by atoms with Gasteiger partial charge >= 0.3 is 0 Å². The van der Waals surface area contributed by atoms with E-state index < -0.39 is 5.91 Å². The first kappa shape index (κ1) is 18.5. The first-order chi connectivity index (χ1) is 12.6. The molecule has 5 nitrogen and oxygen atoms in total. The molecule has 0 spiro atoms. The Morgan fingerprint density at radius 1 is 1.15 bits per heavy atom. The van der Waals surface area contributed by atoms with Crippen LogP contribution < -0.4 is 15.8 Å². The van der Waals surface area contributed by atoms with Crippen molar-refractivity contribution >= 4 is 28.2 Å². The van der Waals surface area contributed by atoms with E-state index in [0.29, 0.717) is 28.5 Å². The summed E-state index contributed by atoms with van der Waals surface area (Å²) in [5.74, 6) is -0.231. The Balaban J connectivity index is 1.93. The van der Waals surface area contributed by atoms with Crippen molar-refractivity contribution in [2.75, 3.05) is 11.9 Å². The second-order valence-electron chi connectivity index (χ2n) is 6.37. The molecule has 1 heterocycles. The number of amides is 2. The van der Waals surface area contributed by atoms with Crippen LogP contribution in [0.5, 0.6) is 5.75 Å². The number of fused-ring (bicyclic) bond motifs is 1. The number of rotatable bonds is 5. The standard InChI is InChI=1S/C20H24N2O3S/c1-2-25-15-11-8-7-9-13(15)19(24)22-20-17(18(21)23)14-10-5-3-4-6-12-16(14)26-20/h7-9,11H,2-6,10,12H2,1H3,(H2,21,23)(H,22,24). The van der Waals surface area contributed by atoms with Gasteiger partial charge in [0, 0.05) is 4.88 Å². The Bertz CT molecular complexity index is 813. The highest BCUT2D eigenvalue weighted by atomic mass is 32.1. The van der Waals surface area contributed by atoms with Gasteiger partial charge < -0.3 is 15.8 Å². The van der Waals surface area contributed by atoms with Crippen LogP contribution in [0.15, 0.2) is 24.3 Å². The molecule has 3 N–H and O–H groups in total. The zero-order valence-corrected chi connectivity index (χ0v) is 15.8. The number of ether oxygens (including phenoxy) is 1. The number of aryl methyl sites for hydroxylation is 1. The normalized spacial score (nSPS) is 14.0. The fraction of sp³-hybridized carbons (Fsp3) is 0.400. The van der Waals surface area contributed by atoms with E-state index in [0.717, 1.165) is 37.7 Å². The molecule has 0 unspecified atom stereocenters. The lowest BCUT2D eigenvalue weighted by atomic mass is 9.96. The fourth-order valence-corrected chi connectivity index (χ4v) is 4.66. The molecule has 26 heavy (non-hydrogen) atoms. The fourth-order valence-electron chi connectivity index (χ4n) is 3.37. The lowest BCUT2D eigenvalue weighted by molar-refractivity contribution is 0.100. The second-order valence-corrected chi connectivity index (χ2v) is 7.47. The molecule has 1 aliphatic carbocycles. The molecule has 1 aromatic heterocycles. The topological polar surface area (TPSA) is 81.4 Å². The molecule has 0 saturated carbocycles. The number of hydrogen-bond acceptors (Lipinski definition) is 4. The third-order valence-electron chi connectivity index (χ3n) is 4.58. The van der Waals surface area contributed by atoms with Crippen molar-refractivity contribution in [3.05, 3.63) is 45.8 Å². The summed E-state index contributed by atoms with van der Waals surface area (Å²) in [6, 6.07) is 7.10. The van der Waals surface area contributed by atoms with E-state index in [1.165, 1.54) is 22.6 Å². The highest BCUT2D eigenvalue weighted by Gasteiger charge is 2.24. The number of anilines is 1. The van der Waals surface area contributed by atoms with E-state index in [2.05, 4.69) is 5.32 Å². The van der Waals surface area contributed by atoms with Crippen molar-refractivity contribution in [1.82, 2.24) is 0 Å². The van der Waals surface area contributed by atoms with Crippen LogP contribution >= 0.6 is 11.3 Å². The Morgan fingerprint density at radius 2 is 1.88 bits per heavy atom. The van der Waals surface area contributed by atoms with Gasteiger partial charge in [-0.3, -0.25) is 9.59 Å². The molecule has 2 aromatic rings. The van der Waals surface area contributed by atoms with Gasteiger partial charge in [0.25, 0.3) is 11.8 Å². The molecular weight excluding hydrogens is 348 g/mol. The van der Waals surface area contributed by atoms with Crippen LogP contribution in [0, 0.1) is 0 Å². The smallest absolute Gasteiger partial charge is 0.260 e. The summed E-state index contributed by atoms with van der Waals surface area (Å²) in [6.45, 7) is 2.35. The molecule has 6 heteroatoms. The number of primary amides is 1. The lowest BCUT2D eigenvalue weighted by Crippen LogP contribution is -2.18. The van der Waals surface area contributed by atoms with E-state index in [-0.39, 0.29) is 5.91 Å². The van der Waals surface area contributed by atoms with Crippen LogP contribution in [0.25, 0.3) is 0 Å². The SMILES string of the molecule is CCOc1ccccc1C(=O)Nc1sc2c(c1C(N)=O)CCCCCC2. The molecule has 3 rings (SSSR count). The van der Waals surface area contributed by atoms with E-state index in [4.69, 9.17) is 10.5 Å². The van der Waals surface area contributed by atoms with Gasteiger partial charge in [-0.25, -0.2) is 0 Å². The van der Waals surface area contributed by atoms with Crippen LogP contribution in [0.2, 0.25) is 0 Å². The van der Waals surface area contributed by atoms with Gasteiger partial charge in [-0.15, -0.1) is 11.3 Å². The first-order valence-corrected chi connectivity index (χ1v) is 9.91. The molecule has 0 aliphatic heterocycles. The molecular formula is C20H24N2O3S. The summed E-state index contributed by atoms with van der Waals surface area (Å²) in [7, 11) is 0. The molecule has 0 radical (unpaired) electrons. The number of carbonyl (C=O) groups is 2. The highest BCUT2D eigenvalue weighted by molar-refractivity contribution is 7.17. The van der Waals surface area contributed by atoms with Crippen LogP contribution in [0.1, 0.15) is 63.8 Å². The molecule has 2 amide bonds. The number of nitrogens with one attached hydrogen (secondary N) is 1. The maximum absolute atomic E-state index is 12.8. The Morgan fingerprint density at radius 3 is 2.62 bits per heavy atom. The largest absolute Gasteiger partial charge is 0.493 e. The van der Waals surface area contributed by atoms with E-state index in [9.17, 15) is 9.59 Å². The van der Waals surface area contributed by atoms with Gasteiger partial charge in [0.1, 0.15) is 10.8 Å². The molecule has 0 saturated heterocycles. The van der Waals surface area contributed by atoms with E-state index in [1.54, 1.807) is 18.2 Å². The van der Waals surface area contributed by atoms with Crippen molar-refractivity contribution < 1.29 is 14.3 Å². The summed E-state index contributed by atoms with van der Waals surface area (Å²) in [5, 5.41) is 3.46. The number of thiophene rings is 1. The number of hydrogen-bond donors (Lipinski definition) is 2. The zero-order chi connectivity index (χ0) is 18.5. The minimum atomic E-state index is -0.475. The third-order valence-corrected chi connectivity index (χ3v) is 5.78. The van der Waals surface area contributed by atoms with E-state index in [1.807, 2.05) is 13.0 Å². The molecule has 138 valence electrons. The predicted octanol–water partition coefficient (Wildman–Crippen LogP) is 4.16. The first-order valence-electron chi connectivity index (χ1n) is 9.09. The van der Waals surface area contributed by atoms with Crippen molar-refractivity contribution in [2.45, 2.75) is 45.4 Å². The van der Waals surface area contributed by atoms with E-state index >= 15 is 0 Å².